The van der Waals surface area contributed by atoms with Crippen molar-refractivity contribution in [3.63, 3.8) is 0 Å². The van der Waals surface area contributed by atoms with Gasteiger partial charge in [-0.25, -0.2) is 4.79 Å². The molecule has 0 atom stereocenters. The summed E-state index contributed by atoms with van der Waals surface area (Å²) in [5, 5.41) is 3.55. The third-order valence-corrected chi connectivity index (χ3v) is 4.61. The van der Waals surface area contributed by atoms with Crippen LogP contribution in [-0.4, -0.2) is 50.3 Å². The first kappa shape index (κ1) is 18.4. The van der Waals surface area contributed by atoms with Crippen LogP contribution in [0.3, 0.4) is 0 Å². The van der Waals surface area contributed by atoms with E-state index in [2.05, 4.69) is 41.4 Å². The largest absolute Gasteiger partial charge is 0.492 e. The summed E-state index contributed by atoms with van der Waals surface area (Å²) < 4.78 is 5.58. The first-order valence-electron chi connectivity index (χ1n) is 8.84. The summed E-state index contributed by atoms with van der Waals surface area (Å²) in [6.07, 6.45) is 0. The number of carbonyl (C=O) groups excluding carboxylic acids is 1. The molecule has 5 nitrogen and oxygen atoms in total. The van der Waals surface area contributed by atoms with Crippen LogP contribution in [0.5, 0.6) is 5.75 Å². The molecule has 1 aliphatic rings. The second-order valence-electron chi connectivity index (χ2n) is 6.35. The number of ether oxygens (including phenoxy) is 1. The predicted octanol–water partition coefficient (Wildman–Crippen LogP) is 3.56. The summed E-state index contributed by atoms with van der Waals surface area (Å²) in [6, 6.07) is 15.7. The molecule has 0 aliphatic carbocycles. The number of piperazine rings is 1. The van der Waals surface area contributed by atoms with Crippen LogP contribution in [0.25, 0.3) is 0 Å². The van der Waals surface area contributed by atoms with Gasteiger partial charge in [0.2, 0.25) is 0 Å². The lowest BCUT2D eigenvalue weighted by atomic mass is 10.2. The Kier molecular flexibility index (Phi) is 6.23. The normalized spacial score (nSPS) is 14.2. The number of urea groups is 1. The molecular weight excluding hydrogens is 350 g/mol. The third kappa shape index (κ3) is 5.05. The lowest BCUT2D eigenvalue weighted by molar-refractivity contribution is 0.191. The fourth-order valence-corrected chi connectivity index (χ4v) is 3.17. The topological polar surface area (TPSA) is 44.8 Å². The lowest BCUT2D eigenvalue weighted by Gasteiger charge is -2.36. The molecule has 0 aromatic heterocycles. The van der Waals surface area contributed by atoms with E-state index in [0.717, 1.165) is 26.2 Å². The number of anilines is 1. The van der Waals surface area contributed by atoms with E-state index in [4.69, 9.17) is 16.3 Å². The fourth-order valence-electron chi connectivity index (χ4n) is 2.99. The van der Waals surface area contributed by atoms with Crippen LogP contribution in [0.15, 0.2) is 48.5 Å². The molecule has 1 heterocycles. The number of aryl methyl sites for hydroxylation is 1. The van der Waals surface area contributed by atoms with Gasteiger partial charge in [-0.3, -0.25) is 0 Å². The second kappa shape index (κ2) is 8.81. The van der Waals surface area contributed by atoms with E-state index in [1.54, 1.807) is 12.1 Å². The quantitative estimate of drug-likeness (QED) is 0.815. The maximum Gasteiger partial charge on any atom is 0.317 e. The number of amides is 2. The maximum atomic E-state index is 12.3. The van der Waals surface area contributed by atoms with Gasteiger partial charge >= 0.3 is 6.03 Å². The van der Waals surface area contributed by atoms with Crippen LogP contribution >= 0.6 is 11.6 Å². The third-order valence-electron chi connectivity index (χ3n) is 4.38. The van der Waals surface area contributed by atoms with E-state index < -0.39 is 0 Å². The number of halogens is 1. The van der Waals surface area contributed by atoms with Gasteiger partial charge < -0.3 is 19.9 Å². The Labute approximate surface area is 159 Å². The number of hydrogen-bond donors (Lipinski definition) is 1. The fraction of sp³-hybridized carbons (Fsp3) is 0.350. The number of nitrogens with one attached hydrogen (secondary N) is 1. The predicted molar refractivity (Wildman–Crippen MR) is 105 cm³/mol. The molecule has 3 rings (SSSR count). The maximum absolute atomic E-state index is 12.3. The van der Waals surface area contributed by atoms with Gasteiger partial charge in [0.05, 0.1) is 6.54 Å². The Morgan fingerprint density at radius 3 is 2.62 bits per heavy atom. The Balaban J connectivity index is 1.38. The highest BCUT2D eigenvalue weighted by Gasteiger charge is 2.20. The number of hydrogen-bond acceptors (Lipinski definition) is 3. The highest BCUT2D eigenvalue weighted by molar-refractivity contribution is 6.30. The zero-order chi connectivity index (χ0) is 18.4. The molecule has 0 unspecified atom stereocenters. The Morgan fingerprint density at radius 1 is 1.12 bits per heavy atom. The first-order valence-corrected chi connectivity index (χ1v) is 9.22. The molecule has 26 heavy (non-hydrogen) atoms. The zero-order valence-electron chi connectivity index (χ0n) is 15.0. The molecule has 1 fully saturated rings. The van der Waals surface area contributed by atoms with Gasteiger partial charge in [-0.15, -0.1) is 0 Å². The minimum Gasteiger partial charge on any atom is -0.492 e. The number of nitrogens with zero attached hydrogens (tertiary/aromatic N) is 2. The standard InChI is InChI=1S/C20H24ClN3O2/c1-16-4-2-6-18(14-16)23-9-11-24(12-10-23)20(25)22-8-13-26-19-7-3-5-17(21)15-19/h2-7,14-15H,8-13H2,1H3,(H,22,25). The Bertz CT molecular complexity index is 745. The Hall–Kier alpha value is -2.40. The highest BCUT2D eigenvalue weighted by atomic mass is 35.5. The summed E-state index contributed by atoms with van der Waals surface area (Å²) in [5.41, 5.74) is 2.47. The van der Waals surface area contributed by atoms with Crippen LogP contribution in [0.1, 0.15) is 5.56 Å². The minimum atomic E-state index is -0.0383. The van der Waals surface area contributed by atoms with Gasteiger partial charge in [0.1, 0.15) is 12.4 Å². The molecule has 0 bridgehead atoms. The van der Waals surface area contributed by atoms with Crippen molar-refractivity contribution in [2.75, 3.05) is 44.2 Å². The summed E-state index contributed by atoms with van der Waals surface area (Å²) in [5.74, 6) is 0.707. The zero-order valence-corrected chi connectivity index (χ0v) is 15.7. The SMILES string of the molecule is Cc1cccc(N2CCN(C(=O)NCCOc3cccc(Cl)c3)CC2)c1. The van der Waals surface area contributed by atoms with Crippen molar-refractivity contribution in [3.05, 3.63) is 59.1 Å². The molecule has 2 aromatic carbocycles. The number of benzene rings is 2. The molecule has 1 aliphatic heterocycles. The second-order valence-corrected chi connectivity index (χ2v) is 6.79. The smallest absolute Gasteiger partial charge is 0.317 e. The lowest BCUT2D eigenvalue weighted by Crippen LogP contribution is -2.52. The molecule has 0 saturated carbocycles. The van der Waals surface area contributed by atoms with Crippen LogP contribution < -0.4 is 15.0 Å². The average Bonchev–Trinajstić information content (AvgIpc) is 2.65. The van der Waals surface area contributed by atoms with E-state index in [0.29, 0.717) is 23.9 Å². The van der Waals surface area contributed by atoms with E-state index in [-0.39, 0.29) is 6.03 Å². The van der Waals surface area contributed by atoms with Crippen LogP contribution in [0.4, 0.5) is 10.5 Å². The minimum absolute atomic E-state index is 0.0383. The molecular formula is C20H24ClN3O2. The van der Waals surface area contributed by atoms with Gasteiger partial charge in [-0.1, -0.05) is 29.8 Å². The molecule has 138 valence electrons. The van der Waals surface area contributed by atoms with Crippen molar-refractivity contribution in [3.8, 4) is 5.75 Å². The molecule has 0 spiro atoms. The van der Waals surface area contributed by atoms with Crippen molar-refractivity contribution in [1.29, 1.82) is 0 Å². The Morgan fingerprint density at radius 2 is 1.88 bits per heavy atom. The van der Waals surface area contributed by atoms with Crippen molar-refractivity contribution in [2.45, 2.75) is 6.92 Å². The van der Waals surface area contributed by atoms with Gasteiger partial charge in [0, 0.05) is 36.9 Å². The van der Waals surface area contributed by atoms with Crippen molar-refractivity contribution >= 4 is 23.3 Å². The summed E-state index contributed by atoms with van der Waals surface area (Å²) >= 11 is 5.91. The van der Waals surface area contributed by atoms with Gasteiger partial charge in [-0.05, 0) is 42.8 Å². The number of carbonyl (C=O) groups is 1. The van der Waals surface area contributed by atoms with E-state index in [9.17, 15) is 4.79 Å². The highest BCUT2D eigenvalue weighted by Crippen LogP contribution is 2.18. The first-order chi connectivity index (χ1) is 12.6. The number of rotatable bonds is 5. The van der Waals surface area contributed by atoms with Crippen molar-refractivity contribution in [1.82, 2.24) is 10.2 Å². The van der Waals surface area contributed by atoms with Gasteiger partial charge in [-0.2, -0.15) is 0 Å². The van der Waals surface area contributed by atoms with E-state index >= 15 is 0 Å². The summed E-state index contributed by atoms with van der Waals surface area (Å²) in [4.78, 5) is 16.5. The van der Waals surface area contributed by atoms with E-state index in [1.165, 1.54) is 11.3 Å². The van der Waals surface area contributed by atoms with E-state index in [1.807, 2.05) is 17.0 Å². The summed E-state index contributed by atoms with van der Waals surface area (Å²) in [7, 11) is 0. The monoisotopic (exact) mass is 373 g/mol. The molecule has 2 amide bonds. The van der Waals surface area contributed by atoms with Crippen LogP contribution in [-0.2, 0) is 0 Å². The summed E-state index contributed by atoms with van der Waals surface area (Å²) in [6.45, 7) is 6.09. The molecule has 6 heteroatoms. The van der Waals surface area contributed by atoms with Crippen LogP contribution in [0.2, 0.25) is 5.02 Å². The van der Waals surface area contributed by atoms with Gasteiger partial charge in [0.25, 0.3) is 0 Å². The molecule has 2 aromatic rings. The van der Waals surface area contributed by atoms with Crippen LogP contribution in [0, 0.1) is 6.92 Å². The van der Waals surface area contributed by atoms with Gasteiger partial charge in [0.15, 0.2) is 0 Å². The van der Waals surface area contributed by atoms with Crippen molar-refractivity contribution < 1.29 is 9.53 Å². The molecule has 1 saturated heterocycles. The van der Waals surface area contributed by atoms with Crippen molar-refractivity contribution in [2.24, 2.45) is 0 Å². The average molecular weight is 374 g/mol. The molecule has 1 N–H and O–H groups in total. The molecule has 0 radical (unpaired) electrons.